The zero-order valence-corrected chi connectivity index (χ0v) is 13.9. The van der Waals surface area contributed by atoms with E-state index in [0.717, 1.165) is 25.4 Å². The van der Waals surface area contributed by atoms with Crippen LogP contribution in [0, 0.1) is 0 Å². The van der Waals surface area contributed by atoms with E-state index in [1.165, 1.54) is 11.3 Å². The van der Waals surface area contributed by atoms with Crippen LogP contribution in [-0.2, 0) is 13.1 Å². The number of ether oxygens (including phenoxy) is 1. The Morgan fingerprint density at radius 1 is 1.23 bits per heavy atom. The van der Waals surface area contributed by atoms with Crippen molar-refractivity contribution in [1.82, 2.24) is 14.7 Å². The smallest absolute Gasteiger partial charge is 0.124 e. The highest BCUT2D eigenvalue weighted by atomic mass is 16.5. The third kappa shape index (κ3) is 3.17. The van der Waals surface area contributed by atoms with Gasteiger partial charge in [-0.3, -0.25) is 9.58 Å². The van der Waals surface area contributed by atoms with Gasteiger partial charge in [0, 0.05) is 37.4 Å². The highest BCUT2D eigenvalue weighted by Crippen LogP contribution is 2.30. The lowest BCUT2D eigenvalue weighted by atomic mass is 10.1. The predicted molar refractivity (Wildman–Crippen MR) is 87.9 cm³/mol. The van der Waals surface area contributed by atoms with Crippen molar-refractivity contribution in [2.75, 3.05) is 6.54 Å². The van der Waals surface area contributed by atoms with E-state index >= 15 is 0 Å². The van der Waals surface area contributed by atoms with Gasteiger partial charge < -0.3 is 4.74 Å². The Bertz CT molecular complexity index is 645. The molecule has 0 bridgehead atoms. The van der Waals surface area contributed by atoms with Crippen molar-refractivity contribution in [1.29, 1.82) is 0 Å². The Morgan fingerprint density at radius 2 is 2.00 bits per heavy atom. The molecule has 1 aromatic heterocycles. The quantitative estimate of drug-likeness (QED) is 0.867. The summed E-state index contributed by atoms with van der Waals surface area (Å²) in [6, 6.07) is 10.8. The highest BCUT2D eigenvalue weighted by molar-refractivity contribution is 5.34. The number of rotatable bonds is 3. The summed E-state index contributed by atoms with van der Waals surface area (Å²) in [5.74, 6) is 1.01. The van der Waals surface area contributed by atoms with E-state index in [2.05, 4.69) is 66.6 Å². The van der Waals surface area contributed by atoms with Crippen molar-refractivity contribution in [3.63, 3.8) is 0 Å². The van der Waals surface area contributed by atoms with Crippen LogP contribution in [0.2, 0.25) is 0 Å². The van der Waals surface area contributed by atoms with Gasteiger partial charge in [-0.05, 0) is 39.8 Å². The van der Waals surface area contributed by atoms with Crippen molar-refractivity contribution in [2.24, 2.45) is 0 Å². The molecule has 0 radical (unpaired) electrons. The molecule has 2 heterocycles. The van der Waals surface area contributed by atoms with Crippen LogP contribution in [0.1, 0.15) is 45.0 Å². The zero-order chi connectivity index (χ0) is 15.7. The summed E-state index contributed by atoms with van der Waals surface area (Å²) < 4.78 is 8.31. The SMILES string of the molecule is CC(C)n1nccc1CN1Cc2ccccc2OC(C)(C)C1. The summed E-state index contributed by atoms with van der Waals surface area (Å²) >= 11 is 0. The first kappa shape index (κ1) is 15.1. The van der Waals surface area contributed by atoms with Crippen LogP contribution in [0.4, 0.5) is 0 Å². The van der Waals surface area contributed by atoms with Crippen molar-refractivity contribution in [3.05, 3.63) is 47.8 Å². The van der Waals surface area contributed by atoms with E-state index in [1.807, 2.05) is 12.3 Å². The van der Waals surface area contributed by atoms with Gasteiger partial charge in [0.25, 0.3) is 0 Å². The maximum absolute atomic E-state index is 6.21. The maximum atomic E-state index is 6.21. The molecule has 0 aliphatic carbocycles. The molecule has 0 atom stereocenters. The molecular weight excluding hydrogens is 274 g/mol. The van der Waals surface area contributed by atoms with Gasteiger partial charge in [0.05, 0.1) is 5.69 Å². The first-order valence-electron chi connectivity index (χ1n) is 7.96. The third-order valence-electron chi connectivity index (χ3n) is 3.98. The topological polar surface area (TPSA) is 30.3 Å². The summed E-state index contributed by atoms with van der Waals surface area (Å²) in [6.45, 7) is 11.3. The van der Waals surface area contributed by atoms with Gasteiger partial charge in [-0.2, -0.15) is 5.10 Å². The van der Waals surface area contributed by atoms with E-state index in [1.54, 1.807) is 0 Å². The summed E-state index contributed by atoms with van der Waals surface area (Å²) in [5.41, 5.74) is 2.31. The fourth-order valence-corrected chi connectivity index (χ4v) is 3.17. The molecule has 0 N–H and O–H groups in total. The van der Waals surface area contributed by atoms with Crippen molar-refractivity contribution in [2.45, 2.75) is 52.4 Å². The van der Waals surface area contributed by atoms with Crippen LogP contribution in [0.5, 0.6) is 5.75 Å². The van der Waals surface area contributed by atoms with Gasteiger partial charge in [-0.15, -0.1) is 0 Å². The van der Waals surface area contributed by atoms with Crippen LogP contribution in [0.3, 0.4) is 0 Å². The summed E-state index contributed by atoms with van der Waals surface area (Å²) in [4.78, 5) is 2.45. The Kier molecular flexibility index (Phi) is 3.96. The lowest BCUT2D eigenvalue weighted by Crippen LogP contribution is -2.40. The molecule has 1 aromatic carbocycles. The first-order chi connectivity index (χ1) is 10.4. The molecule has 0 amide bonds. The standard InChI is InChI=1S/C18H25N3O/c1-14(2)21-16(9-10-19-21)12-20-11-15-7-5-6-8-17(15)22-18(3,4)13-20/h5-10,14H,11-13H2,1-4H3. The van der Waals surface area contributed by atoms with Crippen molar-refractivity contribution < 1.29 is 4.74 Å². The lowest BCUT2D eigenvalue weighted by molar-refractivity contribution is 0.0671. The number of benzene rings is 1. The molecule has 3 rings (SSSR count). The second-order valence-corrected chi connectivity index (χ2v) is 6.98. The molecule has 0 spiro atoms. The number of hydrogen-bond donors (Lipinski definition) is 0. The molecule has 0 unspecified atom stereocenters. The molecule has 0 saturated carbocycles. The molecule has 118 valence electrons. The highest BCUT2D eigenvalue weighted by Gasteiger charge is 2.29. The van der Waals surface area contributed by atoms with E-state index in [0.29, 0.717) is 6.04 Å². The first-order valence-corrected chi connectivity index (χ1v) is 7.96. The normalized spacial score (nSPS) is 17.9. The fourth-order valence-electron chi connectivity index (χ4n) is 3.17. The van der Waals surface area contributed by atoms with Gasteiger partial charge in [-0.25, -0.2) is 0 Å². The second kappa shape index (κ2) is 5.76. The van der Waals surface area contributed by atoms with Gasteiger partial charge >= 0.3 is 0 Å². The molecule has 2 aromatic rings. The largest absolute Gasteiger partial charge is 0.486 e. The third-order valence-corrected chi connectivity index (χ3v) is 3.98. The molecule has 1 aliphatic rings. The Balaban J connectivity index is 1.86. The minimum absolute atomic E-state index is 0.199. The van der Waals surface area contributed by atoms with Crippen LogP contribution in [0.25, 0.3) is 0 Å². The average Bonchev–Trinajstić information content (AvgIpc) is 2.83. The Hall–Kier alpha value is -1.81. The van der Waals surface area contributed by atoms with Gasteiger partial charge in [0.2, 0.25) is 0 Å². The monoisotopic (exact) mass is 299 g/mol. The molecular formula is C18H25N3O. The predicted octanol–water partition coefficient (Wildman–Crippen LogP) is 3.64. The van der Waals surface area contributed by atoms with Crippen LogP contribution < -0.4 is 4.74 Å². The van der Waals surface area contributed by atoms with E-state index in [9.17, 15) is 0 Å². The van der Waals surface area contributed by atoms with Gasteiger partial charge in [0.15, 0.2) is 0 Å². The van der Waals surface area contributed by atoms with Crippen molar-refractivity contribution in [3.8, 4) is 5.75 Å². The summed E-state index contributed by atoms with van der Waals surface area (Å²) in [7, 11) is 0. The minimum atomic E-state index is -0.199. The molecule has 1 aliphatic heterocycles. The summed E-state index contributed by atoms with van der Waals surface area (Å²) in [6.07, 6.45) is 1.89. The molecule has 0 fully saturated rings. The molecule has 4 heteroatoms. The number of para-hydroxylation sites is 1. The number of hydrogen-bond acceptors (Lipinski definition) is 3. The van der Waals surface area contributed by atoms with Gasteiger partial charge in [0.1, 0.15) is 11.4 Å². The summed E-state index contributed by atoms with van der Waals surface area (Å²) in [5, 5.41) is 4.44. The van der Waals surface area contributed by atoms with Crippen LogP contribution in [-0.4, -0.2) is 26.8 Å². The fraction of sp³-hybridized carbons (Fsp3) is 0.500. The van der Waals surface area contributed by atoms with E-state index in [-0.39, 0.29) is 5.60 Å². The van der Waals surface area contributed by atoms with E-state index in [4.69, 9.17) is 4.74 Å². The average molecular weight is 299 g/mol. The number of fused-ring (bicyclic) bond motifs is 1. The molecule has 4 nitrogen and oxygen atoms in total. The lowest BCUT2D eigenvalue weighted by Gasteiger charge is -2.29. The Morgan fingerprint density at radius 3 is 2.77 bits per heavy atom. The van der Waals surface area contributed by atoms with Crippen LogP contribution >= 0.6 is 0 Å². The number of aromatic nitrogens is 2. The number of nitrogens with zero attached hydrogens (tertiary/aromatic N) is 3. The van der Waals surface area contributed by atoms with E-state index < -0.39 is 0 Å². The molecule has 22 heavy (non-hydrogen) atoms. The molecule has 0 saturated heterocycles. The zero-order valence-electron chi connectivity index (χ0n) is 13.9. The maximum Gasteiger partial charge on any atom is 0.124 e. The Labute approximate surface area is 132 Å². The minimum Gasteiger partial charge on any atom is -0.486 e. The van der Waals surface area contributed by atoms with Crippen LogP contribution in [0.15, 0.2) is 36.5 Å². The van der Waals surface area contributed by atoms with Crippen molar-refractivity contribution >= 4 is 0 Å². The second-order valence-electron chi connectivity index (χ2n) is 6.98. The van der Waals surface area contributed by atoms with Gasteiger partial charge in [-0.1, -0.05) is 18.2 Å².